The summed E-state index contributed by atoms with van der Waals surface area (Å²) in [5, 5.41) is 0. The average molecular weight is 155 g/mol. The van der Waals surface area contributed by atoms with E-state index in [0.717, 1.165) is 12.3 Å². The van der Waals surface area contributed by atoms with Crippen molar-refractivity contribution >= 4 is 6.21 Å². The lowest BCUT2D eigenvalue weighted by Crippen LogP contribution is -2.00. The number of methoxy groups -OCH3 is 1. The van der Waals surface area contributed by atoms with Crippen molar-refractivity contribution in [1.82, 2.24) is 0 Å². The molecule has 0 saturated heterocycles. The van der Waals surface area contributed by atoms with Gasteiger partial charge in [-0.25, -0.2) is 4.99 Å². The minimum Gasteiger partial charge on any atom is -0.481 e. The van der Waals surface area contributed by atoms with Gasteiger partial charge in [-0.2, -0.15) is 0 Å². The maximum absolute atomic E-state index is 4.90. The second-order valence-electron chi connectivity index (χ2n) is 2.24. The Bertz CT molecular complexity index is 150. The van der Waals surface area contributed by atoms with Crippen LogP contribution < -0.4 is 0 Å². The van der Waals surface area contributed by atoms with Crippen molar-refractivity contribution in [3.8, 4) is 0 Å². The van der Waals surface area contributed by atoms with Crippen LogP contribution in [0.4, 0.5) is 0 Å². The number of rotatable bonds is 1. The maximum Gasteiger partial charge on any atom is 0.208 e. The second kappa shape index (κ2) is 5.96. The van der Waals surface area contributed by atoms with E-state index >= 15 is 0 Å². The number of ether oxygens (including phenoxy) is 1. The fourth-order valence-corrected chi connectivity index (χ4v) is 0.737. The Hall–Kier alpha value is -0.790. The van der Waals surface area contributed by atoms with Crippen molar-refractivity contribution in [3.63, 3.8) is 0 Å². The largest absolute Gasteiger partial charge is 0.481 e. The Balaban J connectivity index is 0.000000461. The third kappa shape index (κ3) is 3.81. The van der Waals surface area contributed by atoms with Gasteiger partial charge in [-0.3, -0.25) is 0 Å². The van der Waals surface area contributed by atoms with E-state index in [9.17, 15) is 0 Å². The van der Waals surface area contributed by atoms with E-state index in [4.69, 9.17) is 4.74 Å². The SMILES string of the molecule is CC.COC1=CCC(C)C=N1. The minimum atomic E-state index is 0.573. The molecule has 0 N–H and O–H groups in total. The van der Waals surface area contributed by atoms with Gasteiger partial charge in [0.15, 0.2) is 0 Å². The van der Waals surface area contributed by atoms with Crippen molar-refractivity contribution in [2.24, 2.45) is 10.9 Å². The molecule has 0 aliphatic carbocycles. The van der Waals surface area contributed by atoms with Gasteiger partial charge in [0, 0.05) is 6.21 Å². The zero-order valence-electron chi connectivity index (χ0n) is 7.79. The molecule has 1 atom stereocenters. The standard InChI is InChI=1S/C7H11NO.C2H6/c1-6-3-4-7(9-2)8-5-6;1-2/h4-6H,3H2,1-2H3;1-2H3. The van der Waals surface area contributed by atoms with Gasteiger partial charge in [-0.1, -0.05) is 20.8 Å². The van der Waals surface area contributed by atoms with Crippen LogP contribution in [0.3, 0.4) is 0 Å². The fraction of sp³-hybridized carbons (Fsp3) is 0.667. The normalized spacial score (nSPS) is 21.5. The number of allylic oxidation sites excluding steroid dienone is 1. The zero-order chi connectivity index (χ0) is 8.69. The smallest absolute Gasteiger partial charge is 0.208 e. The first-order chi connectivity index (χ1) is 5.33. The van der Waals surface area contributed by atoms with Gasteiger partial charge in [-0.05, 0) is 18.4 Å². The molecule has 1 rings (SSSR count). The molecule has 0 spiro atoms. The Morgan fingerprint density at radius 2 is 2.18 bits per heavy atom. The molecular weight excluding hydrogens is 138 g/mol. The first-order valence-corrected chi connectivity index (χ1v) is 4.11. The van der Waals surface area contributed by atoms with Crippen LogP contribution in [0.2, 0.25) is 0 Å². The highest BCUT2D eigenvalue weighted by Crippen LogP contribution is 2.10. The van der Waals surface area contributed by atoms with Crippen molar-refractivity contribution in [2.45, 2.75) is 27.2 Å². The summed E-state index contributed by atoms with van der Waals surface area (Å²) < 4.78 is 4.90. The van der Waals surface area contributed by atoms with Crippen molar-refractivity contribution in [2.75, 3.05) is 7.11 Å². The van der Waals surface area contributed by atoms with Gasteiger partial charge in [0.25, 0.3) is 0 Å². The molecule has 1 aliphatic heterocycles. The predicted molar refractivity (Wildman–Crippen MR) is 48.7 cm³/mol. The van der Waals surface area contributed by atoms with E-state index in [1.54, 1.807) is 7.11 Å². The Morgan fingerprint density at radius 3 is 2.55 bits per heavy atom. The molecule has 2 heteroatoms. The first kappa shape index (κ1) is 10.2. The summed E-state index contributed by atoms with van der Waals surface area (Å²) in [6.45, 7) is 6.13. The van der Waals surface area contributed by atoms with Gasteiger partial charge in [0.1, 0.15) is 0 Å². The zero-order valence-corrected chi connectivity index (χ0v) is 7.79. The molecule has 64 valence electrons. The Morgan fingerprint density at radius 1 is 1.55 bits per heavy atom. The molecule has 1 heterocycles. The Labute approximate surface area is 69.0 Å². The average Bonchev–Trinajstić information content (AvgIpc) is 2.10. The van der Waals surface area contributed by atoms with Crippen LogP contribution in [-0.4, -0.2) is 13.3 Å². The lowest BCUT2D eigenvalue weighted by molar-refractivity contribution is 0.284. The minimum absolute atomic E-state index is 0.573. The third-order valence-electron chi connectivity index (χ3n) is 1.33. The van der Waals surface area contributed by atoms with Gasteiger partial charge < -0.3 is 4.74 Å². The highest BCUT2D eigenvalue weighted by molar-refractivity contribution is 5.63. The summed E-state index contributed by atoms with van der Waals surface area (Å²) in [5.74, 6) is 1.32. The molecule has 1 aliphatic rings. The number of nitrogens with zero attached hydrogens (tertiary/aromatic N) is 1. The predicted octanol–water partition coefficient (Wildman–Crippen LogP) is 2.61. The molecule has 0 amide bonds. The molecule has 0 radical (unpaired) electrons. The monoisotopic (exact) mass is 155 g/mol. The van der Waals surface area contributed by atoms with Gasteiger partial charge >= 0.3 is 0 Å². The van der Waals surface area contributed by atoms with E-state index in [1.165, 1.54) is 0 Å². The van der Waals surface area contributed by atoms with Crippen LogP contribution in [0.5, 0.6) is 0 Å². The molecule has 0 aromatic heterocycles. The van der Waals surface area contributed by atoms with E-state index in [-0.39, 0.29) is 0 Å². The summed E-state index contributed by atoms with van der Waals surface area (Å²) in [5.41, 5.74) is 0. The Kier molecular flexibility index (Phi) is 5.53. The van der Waals surface area contributed by atoms with Crippen molar-refractivity contribution in [3.05, 3.63) is 12.0 Å². The maximum atomic E-state index is 4.90. The van der Waals surface area contributed by atoms with Gasteiger partial charge in [-0.15, -0.1) is 0 Å². The van der Waals surface area contributed by atoms with E-state index in [1.807, 2.05) is 26.1 Å². The van der Waals surface area contributed by atoms with Crippen LogP contribution in [-0.2, 0) is 4.74 Å². The molecule has 11 heavy (non-hydrogen) atoms. The molecule has 0 saturated carbocycles. The number of hydrogen-bond acceptors (Lipinski definition) is 2. The molecule has 0 fully saturated rings. The molecule has 1 unspecified atom stereocenters. The molecule has 0 aromatic carbocycles. The second-order valence-corrected chi connectivity index (χ2v) is 2.24. The highest BCUT2D eigenvalue weighted by atomic mass is 16.5. The quantitative estimate of drug-likeness (QED) is 0.570. The van der Waals surface area contributed by atoms with Crippen LogP contribution in [0, 0.1) is 5.92 Å². The van der Waals surface area contributed by atoms with Crippen molar-refractivity contribution < 1.29 is 4.74 Å². The first-order valence-electron chi connectivity index (χ1n) is 4.11. The summed E-state index contributed by atoms with van der Waals surface area (Å²) in [7, 11) is 1.64. The van der Waals surface area contributed by atoms with E-state index < -0.39 is 0 Å². The van der Waals surface area contributed by atoms with Gasteiger partial charge in [0.05, 0.1) is 7.11 Å². The van der Waals surface area contributed by atoms with Crippen molar-refractivity contribution in [1.29, 1.82) is 0 Å². The van der Waals surface area contributed by atoms with E-state index in [0.29, 0.717) is 5.92 Å². The lowest BCUT2D eigenvalue weighted by atomic mass is 10.1. The van der Waals surface area contributed by atoms with E-state index in [2.05, 4.69) is 11.9 Å². The molecule has 2 nitrogen and oxygen atoms in total. The topological polar surface area (TPSA) is 21.6 Å². The van der Waals surface area contributed by atoms with Crippen LogP contribution in [0.1, 0.15) is 27.2 Å². The van der Waals surface area contributed by atoms with Gasteiger partial charge in [0.2, 0.25) is 5.88 Å². The van der Waals surface area contributed by atoms with Crippen LogP contribution >= 0.6 is 0 Å². The summed E-state index contributed by atoms with van der Waals surface area (Å²) >= 11 is 0. The summed E-state index contributed by atoms with van der Waals surface area (Å²) in [6.07, 6.45) is 4.97. The number of aliphatic imine (C=N–C) groups is 1. The highest BCUT2D eigenvalue weighted by Gasteiger charge is 2.02. The van der Waals surface area contributed by atoms with Crippen LogP contribution in [0.25, 0.3) is 0 Å². The fourth-order valence-electron chi connectivity index (χ4n) is 0.737. The summed E-state index contributed by atoms with van der Waals surface area (Å²) in [4.78, 5) is 4.04. The molecular formula is C9H17NO. The van der Waals surface area contributed by atoms with Crippen LogP contribution in [0.15, 0.2) is 17.0 Å². The molecule has 0 aromatic rings. The number of hydrogen-bond donors (Lipinski definition) is 0. The summed E-state index contributed by atoms with van der Waals surface area (Å²) in [6, 6.07) is 0. The lowest BCUT2D eigenvalue weighted by Gasteiger charge is -2.08. The third-order valence-corrected chi connectivity index (χ3v) is 1.33. The molecule has 0 bridgehead atoms.